The normalized spacial score (nSPS) is 16.9. The van der Waals surface area contributed by atoms with Gasteiger partial charge >= 0.3 is 0 Å². The van der Waals surface area contributed by atoms with Crippen molar-refractivity contribution in [1.82, 2.24) is 10.2 Å². The van der Waals surface area contributed by atoms with E-state index in [1.807, 2.05) is 13.8 Å². The number of hydrogen-bond acceptors (Lipinski definition) is 2. The summed E-state index contributed by atoms with van der Waals surface area (Å²) in [5.41, 5.74) is 2.38. The maximum atomic E-state index is 12.1. The van der Waals surface area contributed by atoms with E-state index in [1.165, 1.54) is 11.1 Å². The summed E-state index contributed by atoms with van der Waals surface area (Å²) in [6.07, 6.45) is 0.455. The molecular formula is C15H20N2O2. The van der Waals surface area contributed by atoms with Crippen molar-refractivity contribution in [2.24, 2.45) is 0 Å². The lowest BCUT2D eigenvalue weighted by molar-refractivity contribution is -0.138. The van der Waals surface area contributed by atoms with Crippen molar-refractivity contribution in [3.05, 3.63) is 35.4 Å². The van der Waals surface area contributed by atoms with Crippen LogP contribution >= 0.6 is 0 Å². The number of aryl methyl sites for hydroxylation is 1. The standard InChI is InChI=1S/C15H20N2O2/c1-11-3-5-13(6-4-11)12(2)9-15(19)17-8-7-16-14(18)10-17/h3-6,12H,7-10H2,1-2H3,(H,16,18). The molecule has 1 aliphatic rings. The van der Waals surface area contributed by atoms with Crippen molar-refractivity contribution in [2.75, 3.05) is 19.6 Å². The molecular weight excluding hydrogens is 240 g/mol. The van der Waals surface area contributed by atoms with Crippen LogP contribution in [0, 0.1) is 6.92 Å². The van der Waals surface area contributed by atoms with Gasteiger partial charge in [-0.2, -0.15) is 0 Å². The lowest BCUT2D eigenvalue weighted by atomic mass is 9.96. The topological polar surface area (TPSA) is 49.4 Å². The molecule has 19 heavy (non-hydrogen) atoms. The van der Waals surface area contributed by atoms with Gasteiger partial charge in [0.1, 0.15) is 0 Å². The molecule has 2 rings (SSSR count). The molecule has 1 unspecified atom stereocenters. The van der Waals surface area contributed by atoms with Gasteiger partial charge in [0.2, 0.25) is 11.8 Å². The van der Waals surface area contributed by atoms with Gasteiger partial charge < -0.3 is 10.2 Å². The van der Waals surface area contributed by atoms with Gasteiger partial charge in [0.15, 0.2) is 0 Å². The molecule has 1 aromatic rings. The van der Waals surface area contributed by atoms with Crippen LogP contribution in [-0.2, 0) is 9.59 Å². The zero-order chi connectivity index (χ0) is 13.8. The molecule has 0 bridgehead atoms. The molecule has 4 nitrogen and oxygen atoms in total. The number of carbonyl (C=O) groups is 2. The molecule has 102 valence electrons. The minimum atomic E-state index is -0.0670. The van der Waals surface area contributed by atoms with E-state index in [9.17, 15) is 9.59 Å². The Morgan fingerprint density at radius 2 is 2.05 bits per heavy atom. The molecule has 1 aliphatic heterocycles. The van der Waals surface area contributed by atoms with Gasteiger partial charge in [0.05, 0.1) is 6.54 Å². The Balaban J connectivity index is 1.94. The van der Waals surface area contributed by atoms with Gasteiger partial charge in [-0.3, -0.25) is 9.59 Å². The first kappa shape index (κ1) is 13.6. The second-order valence-corrected chi connectivity index (χ2v) is 5.18. The fourth-order valence-electron chi connectivity index (χ4n) is 2.26. The van der Waals surface area contributed by atoms with Crippen LogP contribution in [0.25, 0.3) is 0 Å². The van der Waals surface area contributed by atoms with Crippen molar-refractivity contribution >= 4 is 11.8 Å². The number of nitrogens with zero attached hydrogens (tertiary/aromatic N) is 1. The highest BCUT2D eigenvalue weighted by Crippen LogP contribution is 2.20. The van der Waals surface area contributed by atoms with Crippen molar-refractivity contribution in [1.29, 1.82) is 0 Å². The van der Waals surface area contributed by atoms with Crippen molar-refractivity contribution in [3.8, 4) is 0 Å². The van der Waals surface area contributed by atoms with E-state index in [0.717, 1.165) is 0 Å². The van der Waals surface area contributed by atoms with Crippen LogP contribution in [0.5, 0.6) is 0 Å². The second-order valence-electron chi connectivity index (χ2n) is 5.18. The predicted octanol–water partition coefficient (Wildman–Crippen LogP) is 1.45. The lowest BCUT2D eigenvalue weighted by Gasteiger charge is -2.27. The highest BCUT2D eigenvalue weighted by molar-refractivity contribution is 5.86. The predicted molar refractivity (Wildman–Crippen MR) is 73.8 cm³/mol. The zero-order valence-corrected chi connectivity index (χ0v) is 11.5. The summed E-state index contributed by atoms with van der Waals surface area (Å²) < 4.78 is 0. The molecule has 4 heteroatoms. The third-order valence-corrected chi connectivity index (χ3v) is 3.52. The summed E-state index contributed by atoms with van der Waals surface area (Å²) in [4.78, 5) is 25.0. The third kappa shape index (κ3) is 3.56. The summed E-state index contributed by atoms with van der Waals surface area (Å²) in [5.74, 6) is 0.170. The van der Waals surface area contributed by atoms with Gasteiger partial charge in [-0.25, -0.2) is 0 Å². The number of hydrogen-bond donors (Lipinski definition) is 1. The van der Waals surface area contributed by atoms with Gasteiger partial charge in [-0.1, -0.05) is 36.8 Å². The molecule has 0 aromatic heterocycles. The first-order chi connectivity index (χ1) is 9.06. The molecule has 0 aliphatic carbocycles. The first-order valence-corrected chi connectivity index (χ1v) is 6.67. The van der Waals surface area contributed by atoms with Crippen LogP contribution in [-0.4, -0.2) is 36.3 Å². The van der Waals surface area contributed by atoms with E-state index >= 15 is 0 Å². The van der Waals surface area contributed by atoms with Gasteiger partial charge in [0, 0.05) is 19.5 Å². The molecule has 0 radical (unpaired) electrons. The van der Waals surface area contributed by atoms with Crippen LogP contribution in [0.4, 0.5) is 0 Å². The Morgan fingerprint density at radius 1 is 1.37 bits per heavy atom. The molecule has 1 N–H and O–H groups in total. The maximum Gasteiger partial charge on any atom is 0.239 e. The SMILES string of the molecule is Cc1ccc(C(C)CC(=O)N2CCNC(=O)C2)cc1. The first-order valence-electron chi connectivity index (χ1n) is 6.67. The van der Waals surface area contributed by atoms with Crippen LogP contribution < -0.4 is 5.32 Å². The summed E-state index contributed by atoms with van der Waals surface area (Å²) in [5, 5.41) is 2.73. The number of piperazine rings is 1. The second kappa shape index (κ2) is 5.87. The molecule has 1 saturated heterocycles. The highest BCUT2D eigenvalue weighted by Gasteiger charge is 2.22. The van der Waals surface area contributed by atoms with Gasteiger partial charge in [-0.15, -0.1) is 0 Å². The molecule has 0 saturated carbocycles. The number of benzene rings is 1. The summed E-state index contributed by atoms with van der Waals surface area (Å²) in [7, 11) is 0. The fourth-order valence-corrected chi connectivity index (χ4v) is 2.26. The van der Waals surface area contributed by atoms with Crippen LogP contribution in [0.1, 0.15) is 30.4 Å². The summed E-state index contributed by atoms with van der Waals surface area (Å²) in [6, 6.07) is 8.25. The van der Waals surface area contributed by atoms with E-state index in [0.29, 0.717) is 19.5 Å². The molecule has 1 heterocycles. The van der Waals surface area contributed by atoms with Gasteiger partial charge in [0.25, 0.3) is 0 Å². The molecule has 1 aromatic carbocycles. The minimum absolute atomic E-state index is 0.0583. The quantitative estimate of drug-likeness (QED) is 0.894. The summed E-state index contributed by atoms with van der Waals surface area (Å²) in [6.45, 7) is 5.46. The largest absolute Gasteiger partial charge is 0.353 e. The number of carbonyl (C=O) groups excluding carboxylic acids is 2. The third-order valence-electron chi connectivity index (χ3n) is 3.52. The lowest BCUT2D eigenvalue weighted by Crippen LogP contribution is -2.50. The summed E-state index contributed by atoms with van der Waals surface area (Å²) >= 11 is 0. The van der Waals surface area contributed by atoms with Crippen LogP contribution in [0.15, 0.2) is 24.3 Å². The Labute approximate surface area is 113 Å². The Morgan fingerprint density at radius 3 is 2.68 bits per heavy atom. The van der Waals surface area contributed by atoms with E-state index in [2.05, 4.69) is 29.6 Å². The van der Waals surface area contributed by atoms with Crippen molar-refractivity contribution < 1.29 is 9.59 Å². The molecule has 0 spiro atoms. The van der Waals surface area contributed by atoms with Crippen LogP contribution in [0.3, 0.4) is 0 Å². The number of rotatable bonds is 3. The Bertz CT molecular complexity index is 468. The fraction of sp³-hybridized carbons (Fsp3) is 0.467. The molecule has 1 fully saturated rings. The molecule has 2 amide bonds. The van der Waals surface area contributed by atoms with Crippen molar-refractivity contribution in [3.63, 3.8) is 0 Å². The number of nitrogens with one attached hydrogen (secondary N) is 1. The van der Waals surface area contributed by atoms with E-state index in [4.69, 9.17) is 0 Å². The smallest absolute Gasteiger partial charge is 0.239 e. The average molecular weight is 260 g/mol. The van der Waals surface area contributed by atoms with E-state index < -0.39 is 0 Å². The van der Waals surface area contributed by atoms with Gasteiger partial charge in [-0.05, 0) is 18.4 Å². The Hall–Kier alpha value is -1.84. The van der Waals surface area contributed by atoms with E-state index in [1.54, 1.807) is 4.90 Å². The monoisotopic (exact) mass is 260 g/mol. The molecule has 1 atom stereocenters. The van der Waals surface area contributed by atoms with Crippen LogP contribution in [0.2, 0.25) is 0 Å². The van der Waals surface area contributed by atoms with Crippen molar-refractivity contribution in [2.45, 2.75) is 26.2 Å². The average Bonchev–Trinajstić information content (AvgIpc) is 2.39. The maximum absolute atomic E-state index is 12.1. The zero-order valence-electron chi connectivity index (χ0n) is 11.5. The highest BCUT2D eigenvalue weighted by atomic mass is 16.2. The van der Waals surface area contributed by atoms with E-state index in [-0.39, 0.29) is 24.3 Å². The minimum Gasteiger partial charge on any atom is -0.353 e. The Kier molecular flexibility index (Phi) is 4.20. The number of amides is 2.